The average Bonchev–Trinajstić information content (AvgIpc) is 2.38. The average molecular weight is 247 g/mol. The molecule has 0 aliphatic carbocycles. The minimum Gasteiger partial charge on any atom is -0.489 e. The van der Waals surface area contributed by atoms with Crippen LogP contribution in [0.15, 0.2) is 30.6 Å². The van der Waals surface area contributed by atoms with E-state index in [2.05, 4.69) is 4.98 Å². The predicted octanol–water partition coefficient (Wildman–Crippen LogP) is 1.87. The Bertz CT molecular complexity index is 586. The Morgan fingerprint density at radius 2 is 2.22 bits per heavy atom. The van der Waals surface area contributed by atoms with E-state index in [0.29, 0.717) is 23.1 Å². The van der Waals surface area contributed by atoms with Gasteiger partial charge in [-0.2, -0.15) is 0 Å². The second-order valence-electron chi connectivity index (χ2n) is 3.93. The summed E-state index contributed by atoms with van der Waals surface area (Å²) in [5, 5.41) is 12.0. The van der Waals surface area contributed by atoms with E-state index in [1.54, 1.807) is 18.3 Å². The van der Waals surface area contributed by atoms with Crippen LogP contribution < -0.4 is 10.5 Å². The molecule has 0 aliphatic heterocycles. The van der Waals surface area contributed by atoms with Gasteiger partial charge in [0.05, 0.1) is 10.3 Å². The molecule has 1 heterocycles. The van der Waals surface area contributed by atoms with Crippen LogP contribution in [0, 0.1) is 10.1 Å². The fourth-order valence-corrected chi connectivity index (χ4v) is 1.67. The fraction of sp³-hybridized carbons (Fsp3) is 0.250. The van der Waals surface area contributed by atoms with Crippen molar-refractivity contribution in [3.8, 4) is 5.75 Å². The van der Waals surface area contributed by atoms with Crippen LogP contribution in [-0.4, -0.2) is 22.6 Å². The molecule has 2 rings (SSSR count). The molecule has 2 N–H and O–H groups in total. The number of rotatable bonds is 4. The molecule has 0 aliphatic rings. The Hall–Kier alpha value is -2.21. The van der Waals surface area contributed by atoms with Gasteiger partial charge in [0.25, 0.3) is 5.69 Å². The van der Waals surface area contributed by atoms with Crippen molar-refractivity contribution in [1.29, 1.82) is 0 Å². The van der Waals surface area contributed by atoms with E-state index in [1.165, 1.54) is 12.3 Å². The van der Waals surface area contributed by atoms with Crippen molar-refractivity contribution >= 4 is 16.5 Å². The zero-order valence-electron chi connectivity index (χ0n) is 9.87. The Morgan fingerprint density at radius 1 is 1.44 bits per heavy atom. The van der Waals surface area contributed by atoms with Gasteiger partial charge < -0.3 is 10.5 Å². The molecule has 94 valence electrons. The summed E-state index contributed by atoms with van der Waals surface area (Å²) < 4.78 is 5.64. The number of non-ortho nitro benzene ring substituents is 1. The van der Waals surface area contributed by atoms with Gasteiger partial charge in [0.1, 0.15) is 11.9 Å². The van der Waals surface area contributed by atoms with Gasteiger partial charge in [-0.15, -0.1) is 0 Å². The maximum Gasteiger partial charge on any atom is 0.279 e. The third-order valence-corrected chi connectivity index (χ3v) is 2.61. The number of ether oxygens (including phenoxy) is 1. The molecule has 0 bridgehead atoms. The molecule has 0 spiro atoms. The minimum atomic E-state index is -0.430. The number of aromatic nitrogens is 1. The lowest BCUT2D eigenvalue weighted by atomic mass is 10.1. The summed E-state index contributed by atoms with van der Waals surface area (Å²) in [6.45, 7) is 2.22. The summed E-state index contributed by atoms with van der Waals surface area (Å²) >= 11 is 0. The highest BCUT2D eigenvalue weighted by molar-refractivity contribution is 5.94. The van der Waals surface area contributed by atoms with Crippen molar-refractivity contribution in [2.24, 2.45) is 5.73 Å². The maximum atomic E-state index is 10.9. The molecule has 2 aromatic rings. The van der Waals surface area contributed by atoms with Crippen molar-refractivity contribution in [1.82, 2.24) is 4.98 Å². The largest absolute Gasteiger partial charge is 0.489 e. The smallest absolute Gasteiger partial charge is 0.279 e. The first-order valence-electron chi connectivity index (χ1n) is 5.51. The summed E-state index contributed by atoms with van der Waals surface area (Å²) in [5.41, 5.74) is 5.52. The number of hydrogen-bond donors (Lipinski definition) is 1. The molecule has 0 radical (unpaired) electrons. The van der Waals surface area contributed by atoms with Crippen molar-refractivity contribution in [3.63, 3.8) is 0 Å². The highest BCUT2D eigenvalue weighted by Gasteiger charge is 2.15. The second-order valence-corrected chi connectivity index (χ2v) is 3.93. The van der Waals surface area contributed by atoms with Gasteiger partial charge in [0, 0.05) is 30.4 Å². The van der Waals surface area contributed by atoms with Crippen molar-refractivity contribution in [2.45, 2.75) is 13.0 Å². The van der Waals surface area contributed by atoms with Crippen LogP contribution in [0.3, 0.4) is 0 Å². The summed E-state index contributed by atoms with van der Waals surface area (Å²) in [5.74, 6) is 0.580. The van der Waals surface area contributed by atoms with Gasteiger partial charge in [0.2, 0.25) is 0 Å². The van der Waals surface area contributed by atoms with E-state index in [-0.39, 0.29) is 11.8 Å². The van der Waals surface area contributed by atoms with Crippen LogP contribution in [0.25, 0.3) is 10.8 Å². The number of hydrogen-bond acceptors (Lipinski definition) is 5. The molecule has 0 fully saturated rings. The highest BCUT2D eigenvalue weighted by Crippen LogP contribution is 2.32. The first-order chi connectivity index (χ1) is 8.63. The first kappa shape index (κ1) is 12.3. The molecule has 6 nitrogen and oxygen atoms in total. The van der Waals surface area contributed by atoms with Gasteiger partial charge in [-0.05, 0) is 19.1 Å². The maximum absolute atomic E-state index is 10.9. The topological polar surface area (TPSA) is 91.3 Å². The fourth-order valence-electron chi connectivity index (χ4n) is 1.67. The molecule has 18 heavy (non-hydrogen) atoms. The lowest BCUT2D eigenvalue weighted by molar-refractivity contribution is -0.383. The predicted molar refractivity (Wildman–Crippen MR) is 67.5 cm³/mol. The minimum absolute atomic E-state index is 0.0193. The van der Waals surface area contributed by atoms with Crippen molar-refractivity contribution in [3.05, 3.63) is 40.7 Å². The van der Waals surface area contributed by atoms with Gasteiger partial charge in [-0.25, -0.2) is 0 Å². The molecule has 0 saturated heterocycles. The first-order valence-corrected chi connectivity index (χ1v) is 5.51. The number of nitro benzene ring substituents is 1. The second kappa shape index (κ2) is 4.97. The third kappa shape index (κ3) is 2.23. The summed E-state index contributed by atoms with van der Waals surface area (Å²) in [7, 11) is 0. The van der Waals surface area contributed by atoms with E-state index >= 15 is 0 Å². The van der Waals surface area contributed by atoms with Gasteiger partial charge in [-0.3, -0.25) is 15.1 Å². The summed E-state index contributed by atoms with van der Waals surface area (Å²) in [4.78, 5) is 14.4. The van der Waals surface area contributed by atoms with Crippen LogP contribution >= 0.6 is 0 Å². The molecule has 0 saturated carbocycles. The molecular formula is C12H13N3O3. The monoisotopic (exact) mass is 247 g/mol. The highest BCUT2D eigenvalue weighted by atomic mass is 16.6. The summed E-state index contributed by atoms with van der Waals surface area (Å²) in [6.07, 6.45) is 2.89. The lowest BCUT2D eigenvalue weighted by Crippen LogP contribution is -2.22. The van der Waals surface area contributed by atoms with Crippen LogP contribution in [0.5, 0.6) is 5.75 Å². The zero-order chi connectivity index (χ0) is 13.1. The van der Waals surface area contributed by atoms with Gasteiger partial charge in [-0.1, -0.05) is 0 Å². The number of benzene rings is 1. The van der Waals surface area contributed by atoms with Crippen LogP contribution in [0.1, 0.15) is 6.92 Å². The Morgan fingerprint density at radius 3 is 2.89 bits per heavy atom. The Balaban J connectivity index is 2.57. The molecule has 1 unspecified atom stereocenters. The van der Waals surface area contributed by atoms with E-state index in [4.69, 9.17) is 10.5 Å². The van der Waals surface area contributed by atoms with Crippen LogP contribution in [-0.2, 0) is 0 Å². The number of pyridine rings is 1. The van der Waals surface area contributed by atoms with Crippen LogP contribution in [0.4, 0.5) is 5.69 Å². The van der Waals surface area contributed by atoms with E-state index in [0.717, 1.165) is 0 Å². The number of fused-ring (bicyclic) bond motifs is 1. The number of nitrogens with two attached hydrogens (primary N) is 1. The van der Waals surface area contributed by atoms with Crippen LogP contribution in [0.2, 0.25) is 0 Å². The SMILES string of the molecule is CC(CN)Oc1ccc([N+](=O)[O-])c2cnccc12. The third-order valence-electron chi connectivity index (χ3n) is 2.61. The van der Waals surface area contributed by atoms with E-state index < -0.39 is 4.92 Å². The summed E-state index contributed by atoms with van der Waals surface area (Å²) in [6, 6.07) is 4.70. The molecular weight excluding hydrogens is 234 g/mol. The zero-order valence-corrected chi connectivity index (χ0v) is 9.87. The lowest BCUT2D eigenvalue weighted by Gasteiger charge is -2.14. The van der Waals surface area contributed by atoms with E-state index in [1.807, 2.05) is 6.92 Å². The quantitative estimate of drug-likeness (QED) is 0.657. The van der Waals surface area contributed by atoms with Gasteiger partial charge in [0.15, 0.2) is 0 Å². The molecule has 0 amide bonds. The van der Waals surface area contributed by atoms with E-state index in [9.17, 15) is 10.1 Å². The molecule has 1 aromatic carbocycles. The van der Waals surface area contributed by atoms with Crippen molar-refractivity contribution < 1.29 is 9.66 Å². The molecule has 6 heteroatoms. The Kier molecular flexibility index (Phi) is 3.38. The van der Waals surface area contributed by atoms with Crippen molar-refractivity contribution in [2.75, 3.05) is 6.54 Å². The number of nitro groups is 1. The normalized spacial score (nSPS) is 12.3. The van der Waals surface area contributed by atoms with Gasteiger partial charge >= 0.3 is 0 Å². The standard InChI is InChI=1S/C12H13N3O3/c1-8(6-13)18-12-3-2-11(15(16)17)10-7-14-5-4-9(10)12/h2-5,7-8H,6,13H2,1H3. The number of nitrogens with zero attached hydrogens (tertiary/aromatic N) is 2. The molecule has 1 atom stereocenters. The Labute approximate surface area is 104 Å². The molecule has 1 aromatic heterocycles.